The number of amides is 1. The van der Waals surface area contributed by atoms with Gasteiger partial charge >= 0.3 is 0 Å². The molecule has 1 N–H and O–H groups in total. The Morgan fingerprint density at radius 2 is 1.37 bits per heavy atom. The SMILES string of the molecule is CC(=O)Nc1ccnn1-c1nc(-c2ccccc2)nc(-c2ccccc2)n1. The highest BCUT2D eigenvalue weighted by Crippen LogP contribution is 2.22. The average molecular weight is 356 g/mol. The van der Waals surface area contributed by atoms with Crippen molar-refractivity contribution in [1.82, 2.24) is 24.7 Å². The van der Waals surface area contributed by atoms with E-state index in [1.165, 1.54) is 11.6 Å². The van der Waals surface area contributed by atoms with Crippen LogP contribution in [0.15, 0.2) is 72.9 Å². The summed E-state index contributed by atoms with van der Waals surface area (Å²) < 4.78 is 1.49. The van der Waals surface area contributed by atoms with Gasteiger partial charge in [0.15, 0.2) is 11.6 Å². The molecule has 0 aliphatic carbocycles. The molecule has 0 radical (unpaired) electrons. The van der Waals surface area contributed by atoms with Crippen LogP contribution in [0.25, 0.3) is 28.7 Å². The molecule has 2 aromatic carbocycles. The molecule has 2 heterocycles. The highest BCUT2D eigenvalue weighted by molar-refractivity contribution is 5.87. The average Bonchev–Trinajstić information content (AvgIpc) is 3.16. The number of carbonyl (C=O) groups excluding carboxylic acids is 1. The van der Waals surface area contributed by atoms with E-state index in [1.807, 2.05) is 60.7 Å². The van der Waals surface area contributed by atoms with Gasteiger partial charge in [-0.05, 0) is 0 Å². The van der Waals surface area contributed by atoms with Gasteiger partial charge in [0.05, 0.1) is 6.20 Å². The first-order valence-corrected chi connectivity index (χ1v) is 8.39. The van der Waals surface area contributed by atoms with E-state index in [9.17, 15) is 4.79 Å². The Kier molecular flexibility index (Phi) is 4.40. The molecule has 4 aromatic rings. The van der Waals surface area contributed by atoms with E-state index in [0.29, 0.717) is 23.4 Å². The second-order valence-electron chi connectivity index (χ2n) is 5.82. The summed E-state index contributed by atoms with van der Waals surface area (Å²) in [5.74, 6) is 1.69. The number of benzene rings is 2. The number of hydrogen-bond donors (Lipinski definition) is 1. The molecule has 0 saturated heterocycles. The number of aromatic nitrogens is 5. The number of rotatable bonds is 4. The van der Waals surface area contributed by atoms with E-state index in [0.717, 1.165) is 11.1 Å². The minimum Gasteiger partial charge on any atom is -0.311 e. The van der Waals surface area contributed by atoms with Gasteiger partial charge in [-0.2, -0.15) is 19.7 Å². The fourth-order valence-corrected chi connectivity index (χ4v) is 2.63. The highest BCUT2D eigenvalue weighted by Gasteiger charge is 2.14. The lowest BCUT2D eigenvalue weighted by Crippen LogP contribution is -2.14. The molecule has 0 spiro atoms. The quantitative estimate of drug-likeness (QED) is 0.606. The summed E-state index contributed by atoms with van der Waals surface area (Å²) >= 11 is 0. The van der Waals surface area contributed by atoms with Gasteiger partial charge in [0, 0.05) is 24.1 Å². The van der Waals surface area contributed by atoms with E-state index < -0.39 is 0 Å². The smallest absolute Gasteiger partial charge is 0.256 e. The zero-order chi connectivity index (χ0) is 18.6. The molecule has 0 fully saturated rings. The zero-order valence-electron chi connectivity index (χ0n) is 14.6. The molecule has 0 bridgehead atoms. The summed E-state index contributed by atoms with van der Waals surface area (Å²) in [5, 5.41) is 6.99. The first-order valence-electron chi connectivity index (χ1n) is 8.39. The van der Waals surface area contributed by atoms with Crippen molar-refractivity contribution in [2.24, 2.45) is 0 Å². The summed E-state index contributed by atoms with van der Waals surface area (Å²) in [6, 6.07) is 21.0. The van der Waals surface area contributed by atoms with Crippen LogP contribution >= 0.6 is 0 Å². The Bertz CT molecular complexity index is 1020. The molecule has 7 heteroatoms. The molecule has 0 aliphatic rings. The Balaban J connectivity index is 1.89. The summed E-state index contributed by atoms with van der Waals surface area (Å²) in [5.41, 5.74) is 1.73. The van der Waals surface area contributed by atoms with Crippen LogP contribution in [0.3, 0.4) is 0 Å². The number of nitrogens with one attached hydrogen (secondary N) is 1. The van der Waals surface area contributed by atoms with Gasteiger partial charge < -0.3 is 5.32 Å². The summed E-state index contributed by atoms with van der Waals surface area (Å²) in [7, 11) is 0. The highest BCUT2D eigenvalue weighted by atomic mass is 16.1. The van der Waals surface area contributed by atoms with Crippen LogP contribution < -0.4 is 5.32 Å². The normalized spacial score (nSPS) is 10.6. The minimum atomic E-state index is -0.197. The van der Waals surface area contributed by atoms with Crippen LogP contribution in [0.1, 0.15) is 6.92 Å². The standard InChI is InChI=1S/C20H16N6O/c1-14(27)22-17-12-13-21-26(17)20-24-18(15-8-4-2-5-9-15)23-19(25-20)16-10-6-3-7-11-16/h2-13H,1H3,(H,22,27). The Hall–Kier alpha value is -3.87. The molecule has 0 atom stereocenters. The number of nitrogens with zero attached hydrogens (tertiary/aromatic N) is 5. The van der Waals surface area contributed by atoms with Gasteiger partial charge in [0.1, 0.15) is 5.82 Å². The Morgan fingerprint density at radius 1 is 0.815 bits per heavy atom. The maximum Gasteiger partial charge on any atom is 0.256 e. The fourth-order valence-electron chi connectivity index (χ4n) is 2.63. The first-order chi connectivity index (χ1) is 13.2. The van der Waals surface area contributed by atoms with E-state index in [2.05, 4.69) is 25.4 Å². The third kappa shape index (κ3) is 3.57. The Labute approximate surface area is 155 Å². The van der Waals surface area contributed by atoms with Crippen LogP contribution in [0.4, 0.5) is 5.82 Å². The van der Waals surface area contributed by atoms with Crippen molar-refractivity contribution >= 4 is 11.7 Å². The minimum absolute atomic E-state index is 0.197. The van der Waals surface area contributed by atoms with Crippen molar-refractivity contribution in [2.45, 2.75) is 6.92 Å². The van der Waals surface area contributed by atoms with Crippen molar-refractivity contribution in [3.63, 3.8) is 0 Å². The second kappa shape index (κ2) is 7.17. The molecule has 0 aliphatic heterocycles. The largest absolute Gasteiger partial charge is 0.311 e. The lowest BCUT2D eigenvalue weighted by Gasteiger charge is -2.10. The van der Waals surface area contributed by atoms with E-state index >= 15 is 0 Å². The summed E-state index contributed by atoms with van der Waals surface area (Å²) in [4.78, 5) is 25.2. The lowest BCUT2D eigenvalue weighted by molar-refractivity contribution is -0.114. The molecule has 4 rings (SSSR count). The number of hydrogen-bond acceptors (Lipinski definition) is 5. The molecule has 0 saturated carbocycles. The van der Waals surface area contributed by atoms with E-state index in [-0.39, 0.29) is 5.91 Å². The van der Waals surface area contributed by atoms with Crippen molar-refractivity contribution in [1.29, 1.82) is 0 Å². The van der Waals surface area contributed by atoms with Gasteiger partial charge in [-0.3, -0.25) is 4.79 Å². The molecular formula is C20H16N6O. The topological polar surface area (TPSA) is 85.6 Å². The van der Waals surface area contributed by atoms with E-state index in [1.54, 1.807) is 12.3 Å². The molecular weight excluding hydrogens is 340 g/mol. The molecule has 132 valence electrons. The predicted molar refractivity (Wildman–Crippen MR) is 102 cm³/mol. The maximum atomic E-state index is 11.5. The summed E-state index contributed by atoms with van der Waals surface area (Å²) in [6.07, 6.45) is 1.58. The predicted octanol–water partition coefficient (Wildman–Crippen LogP) is 3.35. The van der Waals surface area contributed by atoms with Gasteiger partial charge in [-0.1, -0.05) is 60.7 Å². The fraction of sp³-hybridized carbons (Fsp3) is 0.0500. The van der Waals surface area contributed by atoms with Gasteiger partial charge in [0.25, 0.3) is 5.95 Å². The van der Waals surface area contributed by atoms with Gasteiger partial charge in [-0.15, -0.1) is 0 Å². The van der Waals surface area contributed by atoms with Crippen LogP contribution in [0.5, 0.6) is 0 Å². The monoisotopic (exact) mass is 356 g/mol. The van der Waals surface area contributed by atoms with Crippen molar-refractivity contribution < 1.29 is 4.79 Å². The third-order valence-corrected chi connectivity index (χ3v) is 3.82. The van der Waals surface area contributed by atoms with Crippen molar-refractivity contribution in [2.75, 3.05) is 5.32 Å². The van der Waals surface area contributed by atoms with Crippen LogP contribution in [0.2, 0.25) is 0 Å². The van der Waals surface area contributed by atoms with Crippen molar-refractivity contribution in [3.8, 4) is 28.7 Å². The first kappa shape index (κ1) is 16.6. The molecule has 2 aromatic heterocycles. The summed E-state index contributed by atoms with van der Waals surface area (Å²) in [6.45, 7) is 1.44. The van der Waals surface area contributed by atoms with Crippen LogP contribution in [-0.4, -0.2) is 30.6 Å². The van der Waals surface area contributed by atoms with Crippen LogP contribution in [-0.2, 0) is 4.79 Å². The van der Waals surface area contributed by atoms with Gasteiger partial charge in [-0.25, -0.2) is 4.98 Å². The van der Waals surface area contributed by atoms with Gasteiger partial charge in [0.2, 0.25) is 5.91 Å². The molecule has 7 nitrogen and oxygen atoms in total. The third-order valence-electron chi connectivity index (χ3n) is 3.82. The van der Waals surface area contributed by atoms with Crippen LogP contribution in [0, 0.1) is 0 Å². The zero-order valence-corrected chi connectivity index (χ0v) is 14.6. The lowest BCUT2D eigenvalue weighted by atomic mass is 10.2. The maximum absolute atomic E-state index is 11.5. The molecule has 0 unspecified atom stereocenters. The molecule has 1 amide bonds. The molecule has 27 heavy (non-hydrogen) atoms. The number of carbonyl (C=O) groups is 1. The van der Waals surface area contributed by atoms with E-state index in [4.69, 9.17) is 0 Å². The van der Waals surface area contributed by atoms with Crippen molar-refractivity contribution in [3.05, 3.63) is 72.9 Å². The number of anilines is 1. The second-order valence-corrected chi connectivity index (χ2v) is 5.82. The Morgan fingerprint density at radius 3 is 1.89 bits per heavy atom.